The standard InChI is InChI=1S/C25H32N4O3/c1-19(30)28-14-9-22(10-15-28)29-16-11-24(12-17-29)32-23-7-5-20(6-8-23)25(31)27-18-21-4-2-3-13-26-21/h2-8,13,22,24H,9-12,14-18H2,1H3,(H,27,31). The Morgan fingerprint density at radius 1 is 1.00 bits per heavy atom. The molecule has 2 fully saturated rings. The second-order valence-electron chi connectivity index (χ2n) is 8.62. The van der Waals surface area contributed by atoms with Gasteiger partial charge >= 0.3 is 0 Å². The van der Waals surface area contributed by atoms with Gasteiger partial charge in [0.15, 0.2) is 0 Å². The number of benzene rings is 1. The van der Waals surface area contributed by atoms with Gasteiger partial charge in [-0.15, -0.1) is 0 Å². The third-order valence-electron chi connectivity index (χ3n) is 6.48. The van der Waals surface area contributed by atoms with Crippen LogP contribution in [0.3, 0.4) is 0 Å². The minimum atomic E-state index is -0.119. The molecule has 0 atom stereocenters. The van der Waals surface area contributed by atoms with E-state index in [0.29, 0.717) is 18.2 Å². The van der Waals surface area contributed by atoms with E-state index in [-0.39, 0.29) is 17.9 Å². The van der Waals surface area contributed by atoms with Crippen LogP contribution in [0, 0.1) is 0 Å². The van der Waals surface area contributed by atoms with E-state index in [1.807, 2.05) is 35.2 Å². The Labute approximate surface area is 189 Å². The molecule has 0 unspecified atom stereocenters. The van der Waals surface area contributed by atoms with E-state index in [1.165, 1.54) is 0 Å². The summed E-state index contributed by atoms with van der Waals surface area (Å²) in [7, 11) is 0. The van der Waals surface area contributed by atoms with Gasteiger partial charge in [0.2, 0.25) is 5.91 Å². The molecule has 7 heteroatoms. The Morgan fingerprint density at radius 3 is 2.34 bits per heavy atom. The number of pyridine rings is 1. The van der Waals surface area contributed by atoms with Crippen molar-refractivity contribution in [2.24, 2.45) is 0 Å². The van der Waals surface area contributed by atoms with Crippen molar-refractivity contribution >= 4 is 11.8 Å². The molecule has 3 heterocycles. The minimum Gasteiger partial charge on any atom is -0.490 e. The van der Waals surface area contributed by atoms with Crippen LogP contribution in [0.5, 0.6) is 5.75 Å². The van der Waals surface area contributed by atoms with Crippen molar-refractivity contribution in [1.82, 2.24) is 20.1 Å². The summed E-state index contributed by atoms with van der Waals surface area (Å²) in [5, 5.41) is 2.89. The third kappa shape index (κ3) is 5.85. The predicted molar refractivity (Wildman–Crippen MR) is 122 cm³/mol. The number of nitrogens with one attached hydrogen (secondary N) is 1. The molecule has 170 valence electrons. The minimum absolute atomic E-state index is 0.119. The number of hydrogen-bond donors (Lipinski definition) is 1. The molecule has 2 amide bonds. The zero-order chi connectivity index (χ0) is 22.3. The van der Waals surface area contributed by atoms with Gasteiger partial charge in [-0.3, -0.25) is 19.5 Å². The molecule has 1 N–H and O–H groups in total. The first kappa shape index (κ1) is 22.3. The first-order chi connectivity index (χ1) is 15.6. The molecule has 0 aliphatic carbocycles. The van der Waals surface area contributed by atoms with Crippen LogP contribution >= 0.6 is 0 Å². The van der Waals surface area contributed by atoms with Gasteiger partial charge in [-0.05, 0) is 62.1 Å². The Kier molecular flexibility index (Phi) is 7.37. The van der Waals surface area contributed by atoms with Crippen LogP contribution in [0.2, 0.25) is 0 Å². The quantitative estimate of drug-likeness (QED) is 0.754. The number of nitrogens with zero attached hydrogens (tertiary/aromatic N) is 3. The molecule has 7 nitrogen and oxygen atoms in total. The van der Waals surface area contributed by atoms with Gasteiger partial charge in [-0.2, -0.15) is 0 Å². The van der Waals surface area contributed by atoms with E-state index in [4.69, 9.17) is 4.74 Å². The zero-order valence-electron chi connectivity index (χ0n) is 18.7. The molecule has 0 spiro atoms. The molecule has 2 saturated heterocycles. The monoisotopic (exact) mass is 436 g/mol. The average molecular weight is 437 g/mol. The Balaban J connectivity index is 1.20. The number of carbonyl (C=O) groups excluding carboxylic acids is 2. The average Bonchev–Trinajstić information content (AvgIpc) is 2.84. The number of ether oxygens (including phenoxy) is 1. The maximum Gasteiger partial charge on any atom is 0.251 e. The number of piperidine rings is 2. The maximum absolute atomic E-state index is 12.4. The predicted octanol–water partition coefficient (Wildman–Crippen LogP) is 2.87. The zero-order valence-corrected chi connectivity index (χ0v) is 18.7. The molecule has 0 bridgehead atoms. The Bertz CT molecular complexity index is 887. The SMILES string of the molecule is CC(=O)N1CCC(N2CCC(Oc3ccc(C(=O)NCc4ccccn4)cc3)CC2)CC1. The fraction of sp³-hybridized carbons (Fsp3) is 0.480. The largest absolute Gasteiger partial charge is 0.490 e. The second kappa shape index (κ2) is 10.6. The van der Waals surface area contributed by atoms with Crippen molar-refractivity contribution < 1.29 is 14.3 Å². The molecule has 2 aliphatic heterocycles. The highest BCUT2D eigenvalue weighted by atomic mass is 16.5. The van der Waals surface area contributed by atoms with Crippen LogP contribution in [0.15, 0.2) is 48.7 Å². The van der Waals surface area contributed by atoms with Crippen molar-refractivity contribution in [2.45, 2.75) is 51.3 Å². The van der Waals surface area contributed by atoms with Gasteiger partial charge in [0, 0.05) is 50.9 Å². The van der Waals surface area contributed by atoms with Crippen molar-refractivity contribution in [3.05, 3.63) is 59.9 Å². The molecule has 1 aromatic heterocycles. The number of likely N-dealkylation sites (tertiary alicyclic amines) is 2. The van der Waals surface area contributed by atoms with E-state index in [1.54, 1.807) is 25.3 Å². The highest BCUT2D eigenvalue weighted by molar-refractivity contribution is 5.94. The molecule has 32 heavy (non-hydrogen) atoms. The summed E-state index contributed by atoms with van der Waals surface area (Å²) in [4.78, 5) is 32.6. The van der Waals surface area contributed by atoms with Gasteiger partial charge in [0.1, 0.15) is 11.9 Å². The summed E-state index contributed by atoms with van der Waals surface area (Å²) >= 11 is 0. The molecule has 0 saturated carbocycles. The van der Waals surface area contributed by atoms with E-state index in [9.17, 15) is 9.59 Å². The lowest BCUT2D eigenvalue weighted by Crippen LogP contribution is -2.49. The number of carbonyl (C=O) groups is 2. The van der Waals surface area contributed by atoms with Crippen molar-refractivity contribution in [2.75, 3.05) is 26.2 Å². The van der Waals surface area contributed by atoms with E-state index in [2.05, 4.69) is 15.2 Å². The second-order valence-corrected chi connectivity index (χ2v) is 8.62. The first-order valence-corrected chi connectivity index (χ1v) is 11.5. The van der Waals surface area contributed by atoms with Gasteiger partial charge in [-0.1, -0.05) is 6.07 Å². The summed E-state index contributed by atoms with van der Waals surface area (Å²) in [6, 6.07) is 13.6. The van der Waals surface area contributed by atoms with Gasteiger partial charge in [-0.25, -0.2) is 0 Å². The smallest absolute Gasteiger partial charge is 0.251 e. The number of rotatable bonds is 6. The first-order valence-electron chi connectivity index (χ1n) is 11.5. The summed E-state index contributed by atoms with van der Waals surface area (Å²) in [5.74, 6) is 0.873. The lowest BCUT2D eigenvalue weighted by Gasteiger charge is -2.41. The summed E-state index contributed by atoms with van der Waals surface area (Å²) in [6.45, 7) is 5.87. The van der Waals surface area contributed by atoms with Crippen LogP contribution in [0.25, 0.3) is 0 Å². The van der Waals surface area contributed by atoms with E-state index in [0.717, 1.165) is 63.3 Å². The summed E-state index contributed by atoms with van der Waals surface area (Å²) < 4.78 is 6.18. The molecular weight excluding hydrogens is 404 g/mol. The highest BCUT2D eigenvalue weighted by Gasteiger charge is 2.29. The normalized spacial score (nSPS) is 18.3. The Morgan fingerprint density at radius 2 is 1.72 bits per heavy atom. The fourth-order valence-corrected chi connectivity index (χ4v) is 4.56. The molecule has 0 radical (unpaired) electrons. The maximum atomic E-state index is 12.4. The van der Waals surface area contributed by atoms with E-state index < -0.39 is 0 Å². The summed E-state index contributed by atoms with van der Waals surface area (Å²) in [5.41, 5.74) is 1.44. The lowest BCUT2D eigenvalue weighted by molar-refractivity contribution is -0.130. The molecule has 4 rings (SSSR count). The van der Waals surface area contributed by atoms with Crippen molar-refractivity contribution in [3.8, 4) is 5.75 Å². The number of aromatic nitrogens is 1. The van der Waals surface area contributed by atoms with Gasteiger partial charge < -0.3 is 15.0 Å². The molecule has 2 aromatic rings. The van der Waals surface area contributed by atoms with Crippen LogP contribution in [0.1, 0.15) is 48.7 Å². The van der Waals surface area contributed by atoms with Crippen LogP contribution in [0.4, 0.5) is 0 Å². The van der Waals surface area contributed by atoms with Gasteiger partial charge in [0.25, 0.3) is 5.91 Å². The molecule has 1 aromatic carbocycles. The van der Waals surface area contributed by atoms with Crippen LogP contribution in [-0.2, 0) is 11.3 Å². The molecular formula is C25H32N4O3. The third-order valence-corrected chi connectivity index (χ3v) is 6.48. The van der Waals surface area contributed by atoms with Gasteiger partial charge in [0.05, 0.1) is 12.2 Å². The number of amides is 2. The number of hydrogen-bond acceptors (Lipinski definition) is 5. The highest BCUT2D eigenvalue weighted by Crippen LogP contribution is 2.24. The van der Waals surface area contributed by atoms with Crippen LogP contribution < -0.4 is 10.1 Å². The summed E-state index contributed by atoms with van der Waals surface area (Å²) in [6.07, 6.45) is 6.05. The lowest BCUT2D eigenvalue weighted by atomic mass is 9.99. The fourth-order valence-electron chi connectivity index (χ4n) is 4.56. The van der Waals surface area contributed by atoms with E-state index >= 15 is 0 Å². The Hall–Kier alpha value is -2.93. The topological polar surface area (TPSA) is 74.8 Å². The molecule has 2 aliphatic rings. The van der Waals surface area contributed by atoms with Crippen LogP contribution in [-0.4, -0.2) is 64.9 Å². The van der Waals surface area contributed by atoms with Crippen molar-refractivity contribution in [1.29, 1.82) is 0 Å². The van der Waals surface area contributed by atoms with Crippen molar-refractivity contribution in [3.63, 3.8) is 0 Å².